The van der Waals surface area contributed by atoms with Gasteiger partial charge in [-0.1, -0.05) is 0 Å². The van der Waals surface area contributed by atoms with Crippen LogP contribution in [0.5, 0.6) is 0 Å². The van der Waals surface area contributed by atoms with Gasteiger partial charge in [-0.2, -0.15) is 0 Å². The molecule has 0 radical (unpaired) electrons. The zero-order valence-corrected chi connectivity index (χ0v) is 10.8. The molecule has 0 fully saturated rings. The minimum absolute atomic E-state index is 0.0194. The van der Waals surface area contributed by atoms with Gasteiger partial charge in [0.15, 0.2) is 29.1 Å². The Labute approximate surface area is 108 Å². The average Bonchev–Trinajstić information content (AvgIpc) is 2.79. The topological polar surface area (TPSA) is 67.7 Å². The second-order valence-corrected chi connectivity index (χ2v) is 4.07. The van der Waals surface area contributed by atoms with Crippen molar-refractivity contribution < 1.29 is 8.78 Å². The van der Waals surface area contributed by atoms with Crippen molar-refractivity contribution in [2.45, 2.75) is 13.0 Å². The number of nitrogens with one attached hydrogen (secondary N) is 2. The maximum atomic E-state index is 13.6. The van der Waals surface area contributed by atoms with Crippen molar-refractivity contribution in [2.75, 3.05) is 17.7 Å². The summed E-state index contributed by atoms with van der Waals surface area (Å²) in [4.78, 5) is 3.84. The molecule has 0 aliphatic heterocycles. The van der Waals surface area contributed by atoms with Crippen LogP contribution in [0.25, 0.3) is 0 Å². The van der Waals surface area contributed by atoms with E-state index in [9.17, 15) is 8.78 Å². The molecule has 0 aliphatic carbocycles. The summed E-state index contributed by atoms with van der Waals surface area (Å²) in [7, 11) is 3.29. The van der Waals surface area contributed by atoms with Gasteiger partial charge in [-0.15, -0.1) is 10.2 Å². The van der Waals surface area contributed by atoms with E-state index in [-0.39, 0.29) is 17.7 Å². The Bertz CT molecular complexity index is 583. The number of nitrogens with zero attached hydrogens (tertiary/aromatic N) is 4. The summed E-state index contributed by atoms with van der Waals surface area (Å²) < 4.78 is 28.6. The summed E-state index contributed by atoms with van der Waals surface area (Å²) >= 11 is 0. The fourth-order valence-electron chi connectivity index (χ4n) is 1.70. The zero-order chi connectivity index (χ0) is 14.0. The Morgan fingerprint density at radius 1 is 1.26 bits per heavy atom. The molecule has 102 valence electrons. The van der Waals surface area contributed by atoms with Crippen molar-refractivity contribution >= 4 is 11.6 Å². The van der Waals surface area contributed by atoms with Crippen LogP contribution in [0.3, 0.4) is 0 Å². The van der Waals surface area contributed by atoms with E-state index in [1.165, 1.54) is 7.05 Å². The highest BCUT2D eigenvalue weighted by atomic mass is 19.1. The van der Waals surface area contributed by atoms with E-state index in [0.29, 0.717) is 5.82 Å². The molecule has 6 nitrogen and oxygen atoms in total. The standard InChI is InChI=1S/C11H14F2N6/c1-6(11-18-15-5-19(11)3)16-10-8(13)4-7(12)9(14-2)17-10/h4-6H,1-3H3,(H2,14,16,17). The fraction of sp³-hybridized carbons (Fsp3) is 0.364. The lowest BCUT2D eigenvalue weighted by molar-refractivity contribution is 0.575. The van der Waals surface area contributed by atoms with Crippen LogP contribution in [0.2, 0.25) is 0 Å². The molecular formula is C11H14F2N6. The van der Waals surface area contributed by atoms with Crippen molar-refractivity contribution in [2.24, 2.45) is 7.05 Å². The van der Waals surface area contributed by atoms with Gasteiger partial charge in [-0.05, 0) is 6.92 Å². The quantitative estimate of drug-likeness (QED) is 0.883. The third-order valence-electron chi connectivity index (χ3n) is 2.65. The summed E-state index contributed by atoms with van der Waals surface area (Å²) in [6.45, 7) is 1.79. The van der Waals surface area contributed by atoms with Crippen molar-refractivity contribution in [1.29, 1.82) is 0 Å². The van der Waals surface area contributed by atoms with Gasteiger partial charge in [0.2, 0.25) is 0 Å². The number of pyridine rings is 1. The van der Waals surface area contributed by atoms with Gasteiger partial charge in [0.05, 0.1) is 6.04 Å². The van der Waals surface area contributed by atoms with E-state index in [1.807, 2.05) is 0 Å². The van der Waals surface area contributed by atoms with Gasteiger partial charge in [-0.25, -0.2) is 13.8 Å². The molecule has 1 atom stereocenters. The number of aromatic nitrogens is 4. The van der Waals surface area contributed by atoms with Crippen LogP contribution in [0, 0.1) is 11.6 Å². The first-order chi connectivity index (χ1) is 9.02. The Kier molecular flexibility index (Phi) is 3.59. The molecule has 2 N–H and O–H groups in total. The molecule has 0 amide bonds. The van der Waals surface area contributed by atoms with Crippen LogP contribution in [-0.4, -0.2) is 26.8 Å². The van der Waals surface area contributed by atoms with Crippen LogP contribution in [0.4, 0.5) is 20.4 Å². The van der Waals surface area contributed by atoms with Crippen LogP contribution >= 0.6 is 0 Å². The third kappa shape index (κ3) is 2.61. The monoisotopic (exact) mass is 268 g/mol. The predicted octanol–water partition coefficient (Wildman–Crippen LogP) is 1.70. The third-order valence-corrected chi connectivity index (χ3v) is 2.65. The molecule has 2 rings (SSSR count). The SMILES string of the molecule is CNc1nc(NC(C)c2nncn2C)c(F)cc1F. The number of anilines is 2. The maximum absolute atomic E-state index is 13.6. The van der Waals surface area contributed by atoms with Crippen LogP contribution in [0.1, 0.15) is 18.8 Å². The lowest BCUT2D eigenvalue weighted by Gasteiger charge is -2.15. The summed E-state index contributed by atoms with van der Waals surface area (Å²) in [6, 6.07) is 0.467. The smallest absolute Gasteiger partial charge is 0.168 e. The van der Waals surface area contributed by atoms with E-state index >= 15 is 0 Å². The normalized spacial score (nSPS) is 12.3. The Balaban J connectivity index is 2.26. The first-order valence-corrected chi connectivity index (χ1v) is 5.67. The highest BCUT2D eigenvalue weighted by molar-refractivity contribution is 5.47. The molecule has 0 bridgehead atoms. The van der Waals surface area contributed by atoms with Crippen molar-refractivity contribution in [3.63, 3.8) is 0 Å². The second kappa shape index (κ2) is 5.17. The number of hydrogen-bond donors (Lipinski definition) is 2. The van der Waals surface area contributed by atoms with E-state index < -0.39 is 11.6 Å². The van der Waals surface area contributed by atoms with Crippen molar-refractivity contribution in [3.05, 3.63) is 29.9 Å². The first-order valence-electron chi connectivity index (χ1n) is 5.67. The summed E-state index contributed by atoms with van der Waals surface area (Å²) in [5.74, 6) is -0.936. The van der Waals surface area contributed by atoms with Crippen LogP contribution in [0.15, 0.2) is 12.4 Å². The first kappa shape index (κ1) is 13.2. The lowest BCUT2D eigenvalue weighted by atomic mass is 10.3. The summed E-state index contributed by atoms with van der Waals surface area (Å²) in [5, 5.41) is 13.0. The number of hydrogen-bond acceptors (Lipinski definition) is 5. The van der Waals surface area contributed by atoms with Gasteiger partial charge < -0.3 is 15.2 Å². The lowest BCUT2D eigenvalue weighted by Crippen LogP contribution is -2.14. The Morgan fingerprint density at radius 3 is 2.53 bits per heavy atom. The summed E-state index contributed by atoms with van der Waals surface area (Å²) in [6.07, 6.45) is 1.54. The molecule has 19 heavy (non-hydrogen) atoms. The van der Waals surface area contributed by atoms with Crippen LogP contribution < -0.4 is 10.6 Å². The predicted molar refractivity (Wildman–Crippen MR) is 66.7 cm³/mol. The van der Waals surface area contributed by atoms with E-state index in [0.717, 1.165) is 6.07 Å². The minimum Gasteiger partial charge on any atom is -0.371 e. The molecule has 0 spiro atoms. The molecule has 2 aromatic rings. The molecule has 0 saturated heterocycles. The average molecular weight is 268 g/mol. The van der Waals surface area contributed by atoms with E-state index in [1.54, 1.807) is 24.9 Å². The largest absolute Gasteiger partial charge is 0.371 e. The summed E-state index contributed by atoms with van der Waals surface area (Å²) in [5.41, 5.74) is 0. The zero-order valence-electron chi connectivity index (χ0n) is 10.8. The molecule has 8 heteroatoms. The highest BCUT2D eigenvalue weighted by Gasteiger charge is 2.16. The van der Waals surface area contributed by atoms with E-state index in [2.05, 4.69) is 25.8 Å². The number of halogens is 2. The minimum atomic E-state index is -0.759. The fourth-order valence-corrected chi connectivity index (χ4v) is 1.70. The number of rotatable bonds is 4. The molecule has 0 aliphatic rings. The molecule has 1 unspecified atom stereocenters. The van der Waals surface area contributed by atoms with Crippen molar-refractivity contribution in [1.82, 2.24) is 19.7 Å². The second-order valence-electron chi connectivity index (χ2n) is 4.07. The van der Waals surface area contributed by atoms with Gasteiger partial charge >= 0.3 is 0 Å². The van der Waals surface area contributed by atoms with Gasteiger partial charge in [0.25, 0.3) is 0 Å². The van der Waals surface area contributed by atoms with Gasteiger partial charge in [0.1, 0.15) is 6.33 Å². The maximum Gasteiger partial charge on any atom is 0.168 e. The molecule has 0 aromatic carbocycles. The molecular weight excluding hydrogens is 254 g/mol. The van der Waals surface area contributed by atoms with Gasteiger partial charge in [-0.3, -0.25) is 0 Å². The van der Waals surface area contributed by atoms with E-state index in [4.69, 9.17) is 0 Å². The molecule has 2 heterocycles. The molecule has 0 saturated carbocycles. The Hall–Kier alpha value is -2.25. The molecule has 2 aromatic heterocycles. The van der Waals surface area contributed by atoms with Crippen molar-refractivity contribution in [3.8, 4) is 0 Å². The van der Waals surface area contributed by atoms with Gasteiger partial charge in [0, 0.05) is 20.2 Å². The highest BCUT2D eigenvalue weighted by Crippen LogP contribution is 2.22. The number of aryl methyl sites for hydroxylation is 1. The Morgan fingerprint density at radius 2 is 1.95 bits per heavy atom. The van der Waals surface area contributed by atoms with Crippen LogP contribution in [-0.2, 0) is 7.05 Å².